The Morgan fingerprint density at radius 2 is 1.71 bits per heavy atom. The molecule has 1 N–H and O–H groups in total. The Morgan fingerprint density at radius 1 is 1.11 bits per heavy atom. The predicted octanol–water partition coefficient (Wildman–Crippen LogP) is 3.87. The summed E-state index contributed by atoms with van der Waals surface area (Å²) in [5, 5.41) is 13.4. The number of hydrogen-bond donors (Lipinski definition) is 1. The van der Waals surface area contributed by atoms with Gasteiger partial charge in [-0.05, 0) is 48.7 Å². The maximum atomic E-state index is 12.5. The van der Waals surface area contributed by atoms with E-state index in [0.29, 0.717) is 11.1 Å². The summed E-state index contributed by atoms with van der Waals surface area (Å²) in [6.07, 6.45) is 1.43. The van der Waals surface area contributed by atoms with Gasteiger partial charge in [-0.2, -0.15) is 0 Å². The van der Waals surface area contributed by atoms with E-state index in [4.69, 9.17) is 4.74 Å². The molecule has 0 bridgehead atoms. The van der Waals surface area contributed by atoms with Crippen molar-refractivity contribution in [3.63, 3.8) is 0 Å². The van der Waals surface area contributed by atoms with Crippen LogP contribution in [0.25, 0.3) is 6.08 Å². The molecule has 0 aromatic heterocycles. The molecule has 0 aliphatic rings. The number of benzene rings is 2. The Hall–Kier alpha value is -3.48. The number of non-ortho nitro benzene ring substituents is 1. The number of esters is 1. The zero-order valence-corrected chi connectivity index (χ0v) is 16.0. The van der Waals surface area contributed by atoms with Gasteiger partial charge in [-0.3, -0.25) is 14.9 Å². The third-order valence-electron chi connectivity index (χ3n) is 3.74. The van der Waals surface area contributed by atoms with Crippen molar-refractivity contribution in [2.45, 2.75) is 20.8 Å². The highest BCUT2D eigenvalue weighted by Gasteiger charge is 2.17. The number of ether oxygens (including phenoxy) is 1. The van der Waals surface area contributed by atoms with Gasteiger partial charge in [0.15, 0.2) is 0 Å². The first-order valence-electron chi connectivity index (χ1n) is 8.77. The second-order valence-electron chi connectivity index (χ2n) is 6.72. The quantitative estimate of drug-likeness (QED) is 0.339. The predicted molar refractivity (Wildman–Crippen MR) is 106 cm³/mol. The van der Waals surface area contributed by atoms with Crippen molar-refractivity contribution in [3.8, 4) is 0 Å². The maximum Gasteiger partial charge on any atom is 0.354 e. The molecule has 2 aromatic rings. The second-order valence-corrected chi connectivity index (χ2v) is 6.72. The molecule has 28 heavy (non-hydrogen) atoms. The number of nitro groups is 1. The first-order chi connectivity index (χ1) is 13.3. The monoisotopic (exact) mass is 382 g/mol. The van der Waals surface area contributed by atoms with Crippen molar-refractivity contribution in [2.24, 2.45) is 5.92 Å². The van der Waals surface area contributed by atoms with Crippen LogP contribution in [-0.4, -0.2) is 23.4 Å². The van der Waals surface area contributed by atoms with Crippen LogP contribution in [0.5, 0.6) is 0 Å². The van der Waals surface area contributed by atoms with Crippen LogP contribution in [0.15, 0.2) is 54.2 Å². The van der Waals surface area contributed by atoms with Crippen molar-refractivity contribution in [1.29, 1.82) is 0 Å². The van der Waals surface area contributed by atoms with E-state index in [1.165, 1.54) is 30.3 Å². The highest BCUT2D eigenvalue weighted by Crippen LogP contribution is 2.15. The second kappa shape index (κ2) is 9.45. The molecule has 0 saturated carbocycles. The van der Waals surface area contributed by atoms with E-state index in [-0.39, 0.29) is 23.9 Å². The van der Waals surface area contributed by atoms with Gasteiger partial charge in [0.1, 0.15) is 5.70 Å². The molecule has 0 fully saturated rings. The fourth-order valence-electron chi connectivity index (χ4n) is 2.22. The number of nitro benzene ring substituents is 1. The molecule has 2 rings (SSSR count). The zero-order chi connectivity index (χ0) is 20.7. The number of aryl methyl sites for hydroxylation is 1. The standard InChI is InChI=1S/C21H22N2O5/c1-14(2)13-28-21(25)19(12-16-6-10-18(11-7-16)23(26)27)22-20(24)17-8-4-15(3)5-9-17/h4-12,14H,13H2,1-3H3,(H,22,24)/b19-12-. The topological polar surface area (TPSA) is 98.5 Å². The van der Waals surface area contributed by atoms with Crippen LogP contribution in [-0.2, 0) is 9.53 Å². The minimum Gasteiger partial charge on any atom is -0.461 e. The van der Waals surface area contributed by atoms with Crippen LogP contribution in [0, 0.1) is 23.0 Å². The van der Waals surface area contributed by atoms with Crippen molar-refractivity contribution in [2.75, 3.05) is 6.61 Å². The molecule has 0 unspecified atom stereocenters. The van der Waals surface area contributed by atoms with E-state index in [0.717, 1.165) is 5.56 Å². The molecule has 0 aliphatic carbocycles. The lowest BCUT2D eigenvalue weighted by molar-refractivity contribution is -0.384. The Balaban J connectivity index is 2.27. The van der Waals surface area contributed by atoms with Gasteiger partial charge >= 0.3 is 5.97 Å². The van der Waals surface area contributed by atoms with E-state index in [1.807, 2.05) is 20.8 Å². The summed E-state index contributed by atoms with van der Waals surface area (Å²) in [7, 11) is 0. The number of nitrogens with zero attached hydrogens (tertiary/aromatic N) is 1. The van der Waals surface area contributed by atoms with Crippen molar-refractivity contribution in [3.05, 3.63) is 81.0 Å². The van der Waals surface area contributed by atoms with Gasteiger partial charge < -0.3 is 10.1 Å². The number of rotatable bonds is 7. The van der Waals surface area contributed by atoms with Gasteiger partial charge in [-0.15, -0.1) is 0 Å². The summed E-state index contributed by atoms with van der Waals surface area (Å²) < 4.78 is 5.23. The van der Waals surface area contributed by atoms with Crippen LogP contribution in [0.2, 0.25) is 0 Å². The average Bonchev–Trinajstić information content (AvgIpc) is 2.66. The van der Waals surface area contributed by atoms with Gasteiger partial charge in [-0.25, -0.2) is 4.79 Å². The number of nitrogens with one attached hydrogen (secondary N) is 1. The highest BCUT2D eigenvalue weighted by atomic mass is 16.6. The molecule has 7 heteroatoms. The first kappa shape index (κ1) is 20.8. The Kier molecular flexibility index (Phi) is 7.03. The molecule has 2 aromatic carbocycles. The largest absolute Gasteiger partial charge is 0.461 e. The third kappa shape index (κ3) is 6.05. The number of hydrogen-bond acceptors (Lipinski definition) is 5. The van der Waals surface area contributed by atoms with Crippen molar-refractivity contribution in [1.82, 2.24) is 5.32 Å². The van der Waals surface area contributed by atoms with E-state index < -0.39 is 16.8 Å². The van der Waals surface area contributed by atoms with Gasteiger partial charge in [-0.1, -0.05) is 31.5 Å². The van der Waals surface area contributed by atoms with Gasteiger partial charge in [0.25, 0.3) is 11.6 Å². The fourth-order valence-corrected chi connectivity index (χ4v) is 2.22. The summed E-state index contributed by atoms with van der Waals surface area (Å²) in [6, 6.07) is 12.5. The molecule has 0 radical (unpaired) electrons. The van der Waals surface area contributed by atoms with Gasteiger partial charge in [0, 0.05) is 17.7 Å². The summed E-state index contributed by atoms with van der Waals surface area (Å²) >= 11 is 0. The Morgan fingerprint density at radius 3 is 2.25 bits per heavy atom. The van der Waals surface area contributed by atoms with Crippen LogP contribution in [0.1, 0.15) is 35.3 Å². The SMILES string of the molecule is Cc1ccc(C(=O)N/C(=C\c2ccc([N+](=O)[O-])cc2)C(=O)OCC(C)C)cc1. The molecule has 0 atom stereocenters. The minimum absolute atomic E-state index is 0.0416. The lowest BCUT2D eigenvalue weighted by atomic mass is 10.1. The van der Waals surface area contributed by atoms with E-state index in [2.05, 4.69) is 5.32 Å². The lowest BCUT2D eigenvalue weighted by Gasteiger charge is -2.12. The van der Waals surface area contributed by atoms with E-state index >= 15 is 0 Å². The maximum absolute atomic E-state index is 12.5. The zero-order valence-electron chi connectivity index (χ0n) is 16.0. The lowest BCUT2D eigenvalue weighted by Crippen LogP contribution is -2.29. The highest BCUT2D eigenvalue weighted by molar-refractivity contribution is 6.03. The third-order valence-corrected chi connectivity index (χ3v) is 3.74. The summed E-state index contributed by atoms with van der Waals surface area (Å²) in [5.74, 6) is -0.987. The summed E-state index contributed by atoms with van der Waals surface area (Å²) in [5.41, 5.74) is 1.82. The van der Waals surface area contributed by atoms with Gasteiger partial charge in [0.05, 0.1) is 11.5 Å². The molecular formula is C21H22N2O5. The molecule has 0 aliphatic heterocycles. The van der Waals surface area contributed by atoms with Crippen molar-refractivity contribution >= 4 is 23.6 Å². The van der Waals surface area contributed by atoms with E-state index in [9.17, 15) is 19.7 Å². The smallest absolute Gasteiger partial charge is 0.354 e. The number of amides is 1. The molecular weight excluding hydrogens is 360 g/mol. The average molecular weight is 382 g/mol. The number of carbonyl (C=O) groups is 2. The Bertz CT molecular complexity index is 884. The summed E-state index contributed by atoms with van der Waals surface area (Å²) in [6.45, 7) is 5.91. The molecule has 0 heterocycles. The van der Waals surface area contributed by atoms with Crippen molar-refractivity contribution < 1.29 is 19.2 Å². The molecule has 7 nitrogen and oxygen atoms in total. The molecule has 146 valence electrons. The van der Waals surface area contributed by atoms with Crippen LogP contribution in [0.4, 0.5) is 5.69 Å². The normalized spacial score (nSPS) is 11.2. The molecule has 1 amide bonds. The molecule has 0 spiro atoms. The first-order valence-corrected chi connectivity index (χ1v) is 8.77. The minimum atomic E-state index is -0.674. The van der Waals surface area contributed by atoms with Crippen LogP contribution in [0.3, 0.4) is 0 Å². The summed E-state index contributed by atoms with van der Waals surface area (Å²) in [4.78, 5) is 35.2. The Labute approximate surface area is 163 Å². The van der Waals surface area contributed by atoms with Crippen LogP contribution < -0.4 is 5.32 Å². The van der Waals surface area contributed by atoms with Crippen LogP contribution >= 0.6 is 0 Å². The van der Waals surface area contributed by atoms with Gasteiger partial charge in [0.2, 0.25) is 0 Å². The molecule has 0 saturated heterocycles. The number of carbonyl (C=O) groups excluding carboxylic acids is 2. The van der Waals surface area contributed by atoms with E-state index in [1.54, 1.807) is 24.3 Å². The fraction of sp³-hybridized carbons (Fsp3) is 0.238.